The highest BCUT2D eigenvalue weighted by Gasteiger charge is 2.06. The maximum Gasteiger partial charge on any atom is 0.137 e. The van der Waals surface area contributed by atoms with Crippen LogP contribution in [0.4, 0.5) is 4.39 Å². The first-order valence-corrected chi connectivity index (χ1v) is 5.25. The summed E-state index contributed by atoms with van der Waals surface area (Å²) in [6, 6.07) is 4.73. The molecule has 0 fully saturated rings. The standard InChI is InChI=1S/C10H13BrFNO/c11-9-6-7(1-2-10(9)12)5-8(14)3-4-13/h1-2,6,8,14H,3-5,13H2. The first-order chi connectivity index (χ1) is 6.63. The Morgan fingerprint density at radius 3 is 2.79 bits per heavy atom. The monoisotopic (exact) mass is 261 g/mol. The number of aliphatic hydroxyl groups is 1. The van der Waals surface area contributed by atoms with Crippen LogP contribution in [0.25, 0.3) is 0 Å². The Labute approximate surface area is 91.1 Å². The van der Waals surface area contributed by atoms with Gasteiger partial charge in [0.05, 0.1) is 10.6 Å². The number of nitrogens with two attached hydrogens (primary N) is 1. The molecular weight excluding hydrogens is 249 g/mol. The Morgan fingerprint density at radius 1 is 1.50 bits per heavy atom. The van der Waals surface area contributed by atoms with E-state index < -0.39 is 6.10 Å². The lowest BCUT2D eigenvalue weighted by atomic mass is 10.1. The summed E-state index contributed by atoms with van der Waals surface area (Å²) in [5.41, 5.74) is 6.21. The summed E-state index contributed by atoms with van der Waals surface area (Å²) < 4.78 is 13.3. The van der Waals surface area contributed by atoms with Gasteiger partial charge in [-0.1, -0.05) is 6.07 Å². The van der Waals surface area contributed by atoms with Gasteiger partial charge in [0.2, 0.25) is 0 Å². The van der Waals surface area contributed by atoms with Crippen molar-refractivity contribution in [3.63, 3.8) is 0 Å². The van der Waals surface area contributed by atoms with Crippen molar-refractivity contribution in [3.05, 3.63) is 34.1 Å². The van der Waals surface area contributed by atoms with Gasteiger partial charge >= 0.3 is 0 Å². The van der Waals surface area contributed by atoms with Crippen LogP contribution in [0.5, 0.6) is 0 Å². The molecule has 0 aromatic heterocycles. The molecule has 4 heteroatoms. The highest BCUT2D eigenvalue weighted by atomic mass is 79.9. The first-order valence-electron chi connectivity index (χ1n) is 4.45. The van der Waals surface area contributed by atoms with Gasteiger partial charge in [0, 0.05) is 0 Å². The maximum absolute atomic E-state index is 12.9. The Hall–Kier alpha value is -0.450. The highest BCUT2D eigenvalue weighted by molar-refractivity contribution is 9.10. The van der Waals surface area contributed by atoms with Crippen molar-refractivity contribution in [1.82, 2.24) is 0 Å². The molecule has 3 N–H and O–H groups in total. The molecule has 0 aliphatic carbocycles. The van der Waals surface area contributed by atoms with Crippen molar-refractivity contribution in [2.45, 2.75) is 18.9 Å². The van der Waals surface area contributed by atoms with Crippen molar-refractivity contribution in [3.8, 4) is 0 Å². The molecule has 1 atom stereocenters. The van der Waals surface area contributed by atoms with Crippen molar-refractivity contribution in [2.24, 2.45) is 5.73 Å². The number of rotatable bonds is 4. The quantitative estimate of drug-likeness (QED) is 0.869. The van der Waals surface area contributed by atoms with Crippen LogP contribution in [-0.4, -0.2) is 17.8 Å². The number of halogens is 2. The van der Waals surface area contributed by atoms with Crippen LogP contribution in [0.2, 0.25) is 0 Å². The molecule has 1 aromatic carbocycles. The van der Waals surface area contributed by atoms with Crippen molar-refractivity contribution >= 4 is 15.9 Å². The predicted molar refractivity (Wildman–Crippen MR) is 57.5 cm³/mol. The Kier molecular flexibility index (Phi) is 4.51. The minimum absolute atomic E-state index is 0.290. The fraction of sp³-hybridized carbons (Fsp3) is 0.400. The van der Waals surface area contributed by atoms with Crippen LogP contribution in [-0.2, 0) is 6.42 Å². The molecule has 0 saturated carbocycles. The zero-order valence-electron chi connectivity index (χ0n) is 7.71. The molecular formula is C10H13BrFNO. The molecule has 1 rings (SSSR count). The summed E-state index contributed by atoms with van der Waals surface area (Å²) in [5, 5.41) is 9.47. The summed E-state index contributed by atoms with van der Waals surface area (Å²) in [6.45, 7) is 0.462. The Morgan fingerprint density at radius 2 is 2.21 bits per heavy atom. The van der Waals surface area contributed by atoms with Crippen LogP contribution in [0.1, 0.15) is 12.0 Å². The summed E-state index contributed by atoms with van der Waals surface area (Å²) in [7, 11) is 0. The average molecular weight is 262 g/mol. The fourth-order valence-corrected chi connectivity index (χ4v) is 1.66. The van der Waals surface area contributed by atoms with Gasteiger partial charge in [0.15, 0.2) is 0 Å². The van der Waals surface area contributed by atoms with E-state index in [0.29, 0.717) is 23.9 Å². The van der Waals surface area contributed by atoms with E-state index in [1.807, 2.05) is 0 Å². The minimum Gasteiger partial charge on any atom is -0.393 e. The molecule has 2 nitrogen and oxygen atoms in total. The molecule has 0 saturated heterocycles. The minimum atomic E-state index is -0.447. The smallest absolute Gasteiger partial charge is 0.137 e. The molecule has 1 unspecified atom stereocenters. The van der Waals surface area contributed by atoms with Gasteiger partial charge in [-0.05, 0) is 53.0 Å². The molecule has 14 heavy (non-hydrogen) atoms. The van der Waals surface area contributed by atoms with Crippen molar-refractivity contribution in [1.29, 1.82) is 0 Å². The largest absolute Gasteiger partial charge is 0.393 e. The van der Waals surface area contributed by atoms with E-state index in [0.717, 1.165) is 5.56 Å². The molecule has 1 aromatic rings. The summed E-state index contributed by atoms with van der Waals surface area (Å²) in [5.74, 6) is -0.290. The lowest BCUT2D eigenvalue weighted by molar-refractivity contribution is 0.167. The Balaban J connectivity index is 2.63. The summed E-state index contributed by atoms with van der Waals surface area (Å²) in [4.78, 5) is 0. The van der Waals surface area contributed by atoms with E-state index in [1.54, 1.807) is 12.1 Å². The van der Waals surface area contributed by atoms with Gasteiger partial charge in [0.25, 0.3) is 0 Å². The third-order valence-corrected chi connectivity index (χ3v) is 2.56. The van der Waals surface area contributed by atoms with Crippen LogP contribution >= 0.6 is 15.9 Å². The van der Waals surface area contributed by atoms with Gasteiger partial charge in [-0.15, -0.1) is 0 Å². The molecule has 0 radical (unpaired) electrons. The molecule has 0 amide bonds. The van der Waals surface area contributed by atoms with E-state index in [1.165, 1.54) is 6.07 Å². The number of benzene rings is 1. The lowest BCUT2D eigenvalue weighted by Gasteiger charge is -2.09. The second-order valence-corrected chi connectivity index (χ2v) is 4.04. The van der Waals surface area contributed by atoms with Crippen LogP contribution in [0.15, 0.2) is 22.7 Å². The van der Waals surface area contributed by atoms with E-state index in [4.69, 9.17) is 5.73 Å². The topological polar surface area (TPSA) is 46.2 Å². The van der Waals surface area contributed by atoms with Gasteiger partial charge in [0.1, 0.15) is 5.82 Å². The normalized spacial score (nSPS) is 12.9. The van der Waals surface area contributed by atoms with Gasteiger partial charge in [-0.3, -0.25) is 0 Å². The van der Waals surface area contributed by atoms with Crippen LogP contribution in [0, 0.1) is 5.82 Å². The second-order valence-electron chi connectivity index (χ2n) is 3.18. The van der Waals surface area contributed by atoms with E-state index in [2.05, 4.69) is 15.9 Å². The number of aliphatic hydroxyl groups excluding tert-OH is 1. The lowest BCUT2D eigenvalue weighted by Crippen LogP contribution is -2.15. The van der Waals surface area contributed by atoms with E-state index in [9.17, 15) is 9.50 Å². The zero-order chi connectivity index (χ0) is 10.6. The van der Waals surface area contributed by atoms with Crippen LogP contribution < -0.4 is 5.73 Å². The zero-order valence-corrected chi connectivity index (χ0v) is 9.30. The SMILES string of the molecule is NCCC(O)Cc1ccc(F)c(Br)c1. The van der Waals surface area contributed by atoms with E-state index in [-0.39, 0.29) is 5.82 Å². The molecule has 0 bridgehead atoms. The van der Waals surface area contributed by atoms with E-state index >= 15 is 0 Å². The molecule has 78 valence electrons. The Bertz CT molecular complexity index is 306. The third kappa shape index (κ3) is 3.36. The van der Waals surface area contributed by atoms with Gasteiger partial charge < -0.3 is 10.8 Å². The number of hydrogen-bond acceptors (Lipinski definition) is 2. The molecule has 0 spiro atoms. The predicted octanol–water partition coefficient (Wildman–Crippen LogP) is 1.84. The molecule has 0 aliphatic heterocycles. The second kappa shape index (κ2) is 5.44. The average Bonchev–Trinajstić information content (AvgIpc) is 2.12. The fourth-order valence-electron chi connectivity index (χ4n) is 1.23. The summed E-state index contributed by atoms with van der Waals surface area (Å²) >= 11 is 3.09. The highest BCUT2D eigenvalue weighted by Crippen LogP contribution is 2.18. The van der Waals surface area contributed by atoms with Crippen molar-refractivity contribution < 1.29 is 9.50 Å². The van der Waals surface area contributed by atoms with Gasteiger partial charge in [-0.25, -0.2) is 4.39 Å². The first kappa shape index (κ1) is 11.6. The molecule has 0 aliphatic rings. The maximum atomic E-state index is 12.9. The summed E-state index contributed by atoms with van der Waals surface area (Å²) in [6.07, 6.45) is 0.628. The molecule has 0 heterocycles. The van der Waals surface area contributed by atoms with Crippen molar-refractivity contribution in [2.75, 3.05) is 6.54 Å². The van der Waals surface area contributed by atoms with Crippen LogP contribution in [0.3, 0.4) is 0 Å². The number of hydrogen-bond donors (Lipinski definition) is 2. The van der Waals surface area contributed by atoms with Gasteiger partial charge in [-0.2, -0.15) is 0 Å². The third-order valence-electron chi connectivity index (χ3n) is 1.96.